The molecule has 1 aromatic carbocycles. The second-order valence-corrected chi connectivity index (χ2v) is 5.59. The van der Waals surface area contributed by atoms with Crippen LogP contribution in [0.3, 0.4) is 0 Å². The number of hydrogen-bond donors (Lipinski definition) is 1. The van der Waals surface area contributed by atoms with Gasteiger partial charge in [0, 0.05) is 10.9 Å². The van der Waals surface area contributed by atoms with Gasteiger partial charge in [0.05, 0.1) is 4.47 Å². The van der Waals surface area contributed by atoms with Crippen molar-refractivity contribution in [1.29, 1.82) is 0 Å². The Morgan fingerprint density at radius 1 is 1.35 bits per heavy atom. The molecule has 0 amide bonds. The summed E-state index contributed by atoms with van der Waals surface area (Å²) in [5.41, 5.74) is 1.11. The number of carbonyl (C=O) groups is 1. The Hall–Kier alpha value is -0.550. The van der Waals surface area contributed by atoms with E-state index in [0.29, 0.717) is 10.0 Å². The molecule has 2 rings (SSSR count). The van der Waals surface area contributed by atoms with Crippen LogP contribution in [0.25, 0.3) is 0 Å². The Morgan fingerprint density at radius 3 is 2.82 bits per heavy atom. The van der Waals surface area contributed by atoms with Crippen molar-refractivity contribution in [3.05, 3.63) is 27.7 Å². The van der Waals surface area contributed by atoms with Gasteiger partial charge in [-0.1, -0.05) is 22.0 Å². The molecule has 1 aliphatic rings. The van der Waals surface area contributed by atoms with Gasteiger partial charge in [-0.3, -0.25) is 0 Å². The quantitative estimate of drug-likeness (QED) is 0.500. The molecule has 1 aromatic rings. The summed E-state index contributed by atoms with van der Waals surface area (Å²) in [6.07, 6.45) is 2.62. The number of rotatable bonds is 4. The van der Waals surface area contributed by atoms with E-state index in [4.69, 9.17) is 4.74 Å². The predicted octanol–water partition coefficient (Wildman–Crippen LogP) is 3.93. The third kappa shape index (κ3) is 2.50. The number of halogens is 2. The van der Waals surface area contributed by atoms with Crippen LogP contribution in [0.15, 0.2) is 16.6 Å². The van der Waals surface area contributed by atoms with Crippen LogP contribution in [0.2, 0.25) is 0 Å². The second kappa shape index (κ2) is 5.40. The zero-order valence-corrected chi connectivity index (χ0v) is 12.3. The number of esters is 1. The summed E-state index contributed by atoms with van der Waals surface area (Å²) in [7, 11) is 0. The average molecular weight is 364 g/mol. The smallest absolute Gasteiger partial charge is 0.342 e. The maximum atomic E-state index is 11.7. The summed E-state index contributed by atoms with van der Waals surface area (Å²) in [5, 5.41) is 10.8. The molecule has 1 atom stereocenters. The Morgan fingerprint density at radius 2 is 2.12 bits per heavy atom. The lowest BCUT2D eigenvalue weighted by atomic mass is 10.0. The van der Waals surface area contributed by atoms with Gasteiger partial charge in [-0.15, -0.1) is 0 Å². The van der Waals surface area contributed by atoms with E-state index in [1.165, 1.54) is 0 Å². The molecule has 5 heteroatoms. The minimum Gasteiger partial charge on any atom is -0.506 e. The lowest BCUT2D eigenvalue weighted by Gasteiger charge is -2.09. The van der Waals surface area contributed by atoms with Gasteiger partial charge in [-0.25, -0.2) is 4.79 Å². The van der Waals surface area contributed by atoms with E-state index in [-0.39, 0.29) is 11.9 Å². The summed E-state index contributed by atoms with van der Waals surface area (Å²) in [4.78, 5) is 11.7. The van der Waals surface area contributed by atoms with E-state index in [9.17, 15) is 9.90 Å². The predicted molar refractivity (Wildman–Crippen MR) is 71.6 cm³/mol. The van der Waals surface area contributed by atoms with Crippen molar-refractivity contribution in [3.8, 4) is 5.75 Å². The molecule has 1 unspecified atom stereocenters. The molecule has 92 valence electrons. The molecule has 1 N–H and O–H groups in total. The third-order valence-electron chi connectivity index (χ3n) is 2.81. The molecule has 17 heavy (non-hydrogen) atoms. The van der Waals surface area contributed by atoms with E-state index in [1.807, 2.05) is 6.07 Å². The van der Waals surface area contributed by atoms with Crippen LogP contribution in [-0.2, 0) is 4.74 Å². The molecule has 0 saturated carbocycles. The Balaban J connectivity index is 2.23. The first-order valence-corrected chi connectivity index (χ1v) is 7.35. The van der Waals surface area contributed by atoms with E-state index < -0.39 is 5.97 Å². The summed E-state index contributed by atoms with van der Waals surface area (Å²) >= 11 is 6.57. The zero-order valence-electron chi connectivity index (χ0n) is 9.08. The molecule has 0 radical (unpaired) electrons. The minimum atomic E-state index is -0.428. The van der Waals surface area contributed by atoms with Gasteiger partial charge in [-0.2, -0.15) is 0 Å². The summed E-state index contributed by atoms with van der Waals surface area (Å²) in [6, 6.07) is 3.58. The van der Waals surface area contributed by atoms with Crippen LogP contribution in [0.5, 0.6) is 5.75 Å². The fourth-order valence-corrected chi connectivity index (χ4v) is 2.68. The molecule has 1 aliphatic heterocycles. The second-order valence-electron chi connectivity index (χ2n) is 3.94. The van der Waals surface area contributed by atoms with E-state index in [1.54, 1.807) is 6.07 Å². The first kappa shape index (κ1) is 12.9. The summed E-state index contributed by atoms with van der Waals surface area (Å²) in [6.45, 7) is 0. The first-order valence-electron chi connectivity index (χ1n) is 5.43. The van der Waals surface area contributed by atoms with E-state index in [2.05, 4.69) is 31.9 Å². The number of benzene rings is 1. The van der Waals surface area contributed by atoms with Crippen LogP contribution < -0.4 is 0 Å². The Labute approximate surface area is 116 Å². The number of cyclic esters (lactones) is 1. The molecule has 0 spiro atoms. The minimum absolute atomic E-state index is 0.0181. The summed E-state index contributed by atoms with van der Waals surface area (Å²) in [5.74, 6) is -0.446. The molecular weight excluding hydrogens is 352 g/mol. The Kier molecular flexibility index (Phi) is 4.09. The number of carbonyl (C=O) groups excluding carboxylic acids is 1. The van der Waals surface area contributed by atoms with Crippen molar-refractivity contribution in [3.63, 3.8) is 0 Å². The normalized spacial score (nSPS) is 18.0. The molecule has 0 fully saturated rings. The topological polar surface area (TPSA) is 46.5 Å². The van der Waals surface area contributed by atoms with Crippen molar-refractivity contribution in [2.75, 3.05) is 5.33 Å². The first-order chi connectivity index (χ1) is 8.15. The lowest BCUT2D eigenvalue weighted by Crippen LogP contribution is -1.98. The monoisotopic (exact) mass is 362 g/mol. The van der Waals surface area contributed by atoms with Crippen molar-refractivity contribution in [2.24, 2.45) is 0 Å². The van der Waals surface area contributed by atoms with Gasteiger partial charge in [0.1, 0.15) is 17.4 Å². The van der Waals surface area contributed by atoms with Gasteiger partial charge in [0.25, 0.3) is 0 Å². The van der Waals surface area contributed by atoms with Gasteiger partial charge in [0.15, 0.2) is 0 Å². The van der Waals surface area contributed by atoms with Gasteiger partial charge < -0.3 is 9.84 Å². The molecular formula is C12H12Br2O3. The fourth-order valence-electron chi connectivity index (χ4n) is 1.95. The highest BCUT2D eigenvalue weighted by atomic mass is 79.9. The highest BCUT2D eigenvalue weighted by Crippen LogP contribution is 2.41. The largest absolute Gasteiger partial charge is 0.506 e. The lowest BCUT2D eigenvalue weighted by molar-refractivity contribution is 0.0363. The Bertz CT molecular complexity index is 446. The molecule has 1 heterocycles. The van der Waals surface area contributed by atoms with Crippen molar-refractivity contribution in [2.45, 2.75) is 25.4 Å². The number of alkyl halides is 1. The fraction of sp³-hybridized carbons (Fsp3) is 0.417. The van der Waals surface area contributed by atoms with Gasteiger partial charge in [-0.05, 0) is 41.3 Å². The molecule has 0 saturated heterocycles. The van der Waals surface area contributed by atoms with Gasteiger partial charge in [0.2, 0.25) is 0 Å². The van der Waals surface area contributed by atoms with Crippen molar-refractivity contribution >= 4 is 37.8 Å². The van der Waals surface area contributed by atoms with Crippen LogP contribution in [0, 0.1) is 0 Å². The number of ether oxygens (including phenoxy) is 1. The van der Waals surface area contributed by atoms with Crippen molar-refractivity contribution in [1.82, 2.24) is 0 Å². The maximum absolute atomic E-state index is 11.7. The van der Waals surface area contributed by atoms with Crippen LogP contribution in [0.1, 0.15) is 41.3 Å². The highest BCUT2D eigenvalue weighted by Gasteiger charge is 2.33. The number of fused-ring (bicyclic) bond motifs is 1. The van der Waals surface area contributed by atoms with E-state index >= 15 is 0 Å². The van der Waals surface area contributed by atoms with Crippen LogP contribution in [0.4, 0.5) is 0 Å². The maximum Gasteiger partial charge on any atom is 0.342 e. The zero-order chi connectivity index (χ0) is 12.4. The summed E-state index contributed by atoms with van der Waals surface area (Å²) < 4.78 is 5.80. The molecule has 0 bridgehead atoms. The standard InChI is InChI=1S/C12H12Br2O3/c13-6-2-1-3-9-7-4-5-8(14)11(15)10(7)12(16)17-9/h4-5,9,15H,1-3,6H2. The highest BCUT2D eigenvalue weighted by molar-refractivity contribution is 9.10. The SMILES string of the molecule is O=C1OC(CCCCBr)c2ccc(Br)c(O)c21. The molecule has 0 aliphatic carbocycles. The number of phenols is 1. The molecule has 0 aromatic heterocycles. The number of hydrogen-bond acceptors (Lipinski definition) is 3. The average Bonchev–Trinajstić information content (AvgIpc) is 2.62. The molecule has 3 nitrogen and oxygen atoms in total. The van der Waals surface area contributed by atoms with E-state index in [0.717, 1.165) is 30.2 Å². The number of phenolic OH excluding ortho intramolecular Hbond substituents is 1. The van der Waals surface area contributed by atoms with Crippen molar-refractivity contribution < 1.29 is 14.6 Å². The van der Waals surface area contributed by atoms with Crippen LogP contribution >= 0.6 is 31.9 Å². The number of aromatic hydroxyl groups is 1. The number of unbranched alkanes of at least 4 members (excludes halogenated alkanes) is 1. The third-order valence-corrected chi connectivity index (χ3v) is 4.01. The van der Waals surface area contributed by atoms with Crippen LogP contribution in [-0.4, -0.2) is 16.4 Å². The van der Waals surface area contributed by atoms with Gasteiger partial charge >= 0.3 is 5.97 Å².